The van der Waals surface area contributed by atoms with Gasteiger partial charge in [-0.25, -0.2) is 0 Å². The fourth-order valence-corrected chi connectivity index (χ4v) is 2.13. The molecule has 1 aromatic carbocycles. The molecular formula is C11H13BrF3NOS. The Kier molecular flexibility index (Phi) is 6.31. The van der Waals surface area contributed by atoms with E-state index in [-0.39, 0.29) is 24.1 Å². The predicted molar refractivity (Wildman–Crippen MR) is 70.9 cm³/mol. The van der Waals surface area contributed by atoms with E-state index in [1.165, 1.54) is 0 Å². The summed E-state index contributed by atoms with van der Waals surface area (Å²) in [6.45, 7) is 0.629. The minimum absolute atomic E-state index is 0.0303. The van der Waals surface area contributed by atoms with E-state index in [0.29, 0.717) is 12.3 Å². The van der Waals surface area contributed by atoms with Crippen LogP contribution in [-0.4, -0.2) is 24.9 Å². The highest BCUT2D eigenvalue weighted by Gasteiger charge is 2.27. The predicted octanol–water partition coefficient (Wildman–Crippen LogP) is 3.80. The standard InChI is InChI=1S/C11H13BrF3NOS/c1-16-7-8-6-9(12)2-3-10(8)17-4-5-18-11(13,14)15/h2-3,6,16H,4-5,7H2,1H3. The van der Waals surface area contributed by atoms with Crippen LogP contribution in [0.3, 0.4) is 0 Å². The molecule has 0 heterocycles. The Morgan fingerprint density at radius 1 is 1.39 bits per heavy atom. The van der Waals surface area contributed by atoms with Gasteiger partial charge < -0.3 is 10.1 Å². The maximum absolute atomic E-state index is 11.9. The molecular weight excluding hydrogens is 331 g/mol. The molecule has 0 amide bonds. The highest BCUT2D eigenvalue weighted by Crippen LogP contribution is 2.30. The van der Waals surface area contributed by atoms with Crippen LogP contribution in [0.25, 0.3) is 0 Å². The summed E-state index contributed by atoms with van der Waals surface area (Å²) >= 11 is 3.26. The Morgan fingerprint density at radius 3 is 2.72 bits per heavy atom. The van der Waals surface area contributed by atoms with Gasteiger partial charge in [-0.2, -0.15) is 13.2 Å². The van der Waals surface area contributed by atoms with Crippen molar-refractivity contribution in [3.63, 3.8) is 0 Å². The molecule has 0 saturated carbocycles. The van der Waals surface area contributed by atoms with Crippen molar-refractivity contribution < 1.29 is 17.9 Å². The van der Waals surface area contributed by atoms with E-state index in [9.17, 15) is 13.2 Å². The van der Waals surface area contributed by atoms with Gasteiger partial charge in [-0.1, -0.05) is 15.9 Å². The highest BCUT2D eigenvalue weighted by atomic mass is 79.9. The van der Waals surface area contributed by atoms with E-state index in [4.69, 9.17) is 4.74 Å². The fraction of sp³-hybridized carbons (Fsp3) is 0.455. The molecule has 0 unspecified atom stereocenters. The number of hydrogen-bond donors (Lipinski definition) is 1. The van der Waals surface area contributed by atoms with Crippen molar-refractivity contribution >= 4 is 27.7 Å². The summed E-state index contributed by atoms with van der Waals surface area (Å²) in [7, 11) is 1.80. The van der Waals surface area contributed by atoms with Crippen molar-refractivity contribution in [1.29, 1.82) is 0 Å². The van der Waals surface area contributed by atoms with Crippen LogP contribution >= 0.6 is 27.7 Å². The molecule has 0 atom stereocenters. The van der Waals surface area contributed by atoms with Crippen molar-refractivity contribution in [3.8, 4) is 5.75 Å². The lowest BCUT2D eigenvalue weighted by Gasteiger charge is -2.12. The number of nitrogens with one attached hydrogen (secondary N) is 1. The third-order valence-corrected chi connectivity index (χ3v) is 3.19. The first-order chi connectivity index (χ1) is 8.42. The van der Waals surface area contributed by atoms with E-state index in [0.717, 1.165) is 10.0 Å². The molecule has 0 bridgehead atoms. The minimum Gasteiger partial charge on any atom is -0.492 e. The average molecular weight is 344 g/mol. The normalized spacial score (nSPS) is 11.6. The number of rotatable bonds is 6. The van der Waals surface area contributed by atoms with Gasteiger partial charge in [-0.3, -0.25) is 0 Å². The quantitative estimate of drug-likeness (QED) is 0.794. The Morgan fingerprint density at radius 2 is 2.11 bits per heavy atom. The lowest BCUT2D eigenvalue weighted by molar-refractivity contribution is -0.0329. The summed E-state index contributed by atoms with van der Waals surface area (Å²) in [6.07, 6.45) is 0. The fourth-order valence-electron chi connectivity index (χ4n) is 1.33. The molecule has 1 rings (SSSR count). The average Bonchev–Trinajstić information content (AvgIpc) is 2.26. The summed E-state index contributed by atoms with van der Waals surface area (Å²) in [5.41, 5.74) is -3.29. The van der Waals surface area contributed by atoms with Crippen molar-refractivity contribution in [2.24, 2.45) is 0 Å². The van der Waals surface area contributed by atoms with Crippen molar-refractivity contribution in [2.75, 3.05) is 19.4 Å². The zero-order chi connectivity index (χ0) is 13.6. The van der Waals surface area contributed by atoms with E-state index < -0.39 is 5.51 Å². The highest BCUT2D eigenvalue weighted by molar-refractivity contribution is 9.10. The SMILES string of the molecule is CNCc1cc(Br)ccc1OCCSC(F)(F)F. The maximum atomic E-state index is 11.9. The third kappa shape index (κ3) is 5.97. The number of benzene rings is 1. The molecule has 0 aliphatic rings. The van der Waals surface area contributed by atoms with E-state index >= 15 is 0 Å². The van der Waals surface area contributed by atoms with Gasteiger partial charge in [0.15, 0.2) is 0 Å². The molecule has 0 aliphatic carbocycles. The molecule has 0 spiro atoms. The summed E-state index contributed by atoms with van der Waals surface area (Å²) < 4.78 is 42.0. The van der Waals surface area contributed by atoms with E-state index in [1.54, 1.807) is 19.2 Å². The Balaban J connectivity index is 2.51. The Bertz CT molecular complexity index is 387. The maximum Gasteiger partial charge on any atom is 0.441 e. The largest absolute Gasteiger partial charge is 0.492 e. The second-order valence-corrected chi connectivity index (χ2v) is 5.50. The first-order valence-corrected chi connectivity index (χ1v) is 6.97. The molecule has 0 aliphatic heterocycles. The molecule has 1 N–H and O–H groups in total. The van der Waals surface area contributed by atoms with Gasteiger partial charge in [-0.05, 0) is 37.0 Å². The molecule has 1 aromatic rings. The number of alkyl halides is 3. The number of ether oxygens (including phenoxy) is 1. The molecule has 0 radical (unpaired) electrons. The minimum atomic E-state index is -4.20. The Hall–Kier alpha value is -0.400. The van der Waals surface area contributed by atoms with Gasteiger partial charge >= 0.3 is 5.51 Å². The lowest BCUT2D eigenvalue weighted by atomic mass is 10.2. The second-order valence-electron chi connectivity index (χ2n) is 3.43. The van der Waals surface area contributed by atoms with Gasteiger partial charge in [0.2, 0.25) is 0 Å². The van der Waals surface area contributed by atoms with Crippen LogP contribution in [0.4, 0.5) is 13.2 Å². The van der Waals surface area contributed by atoms with Gasteiger partial charge in [0.1, 0.15) is 5.75 Å². The zero-order valence-corrected chi connectivity index (χ0v) is 12.1. The summed E-state index contributed by atoms with van der Waals surface area (Å²) in [5, 5.41) is 2.98. The van der Waals surface area contributed by atoms with E-state index in [2.05, 4.69) is 21.2 Å². The van der Waals surface area contributed by atoms with Gasteiger partial charge in [0.25, 0.3) is 0 Å². The molecule has 0 fully saturated rings. The lowest BCUT2D eigenvalue weighted by Crippen LogP contribution is -2.10. The van der Waals surface area contributed by atoms with Gasteiger partial charge in [0.05, 0.1) is 6.61 Å². The third-order valence-electron chi connectivity index (χ3n) is 2.00. The summed E-state index contributed by atoms with van der Waals surface area (Å²) in [4.78, 5) is 0. The molecule has 2 nitrogen and oxygen atoms in total. The Labute approximate surface area is 116 Å². The molecule has 0 aromatic heterocycles. The van der Waals surface area contributed by atoms with Crippen LogP contribution < -0.4 is 10.1 Å². The van der Waals surface area contributed by atoms with Crippen LogP contribution in [-0.2, 0) is 6.54 Å². The van der Waals surface area contributed by atoms with Crippen LogP contribution in [0.1, 0.15) is 5.56 Å². The topological polar surface area (TPSA) is 21.3 Å². The number of thioether (sulfide) groups is 1. The molecule has 18 heavy (non-hydrogen) atoms. The van der Waals surface area contributed by atoms with Crippen LogP contribution in [0, 0.1) is 0 Å². The van der Waals surface area contributed by atoms with Crippen LogP contribution in [0.5, 0.6) is 5.75 Å². The number of hydrogen-bond acceptors (Lipinski definition) is 3. The van der Waals surface area contributed by atoms with Crippen molar-refractivity contribution in [2.45, 2.75) is 12.1 Å². The first kappa shape index (κ1) is 15.7. The zero-order valence-electron chi connectivity index (χ0n) is 9.68. The van der Waals surface area contributed by atoms with Gasteiger partial charge in [-0.15, -0.1) is 0 Å². The van der Waals surface area contributed by atoms with Crippen LogP contribution in [0.15, 0.2) is 22.7 Å². The molecule has 7 heteroatoms. The van der Waals surface area contributed by atoms with E-state index in [1.807, 2.05) is 6.07 Å². The molecule has 0 saturated heterocycles. The number of halogens is 4. The van der Waals surface area contributed by atoms with Gasteiger partial charge in [0, 0.05) is 22.3 Å². The monoisotopic (exact) mass is 343 g/mol. The van der Waals surface area contributed by atoms with Crippen LogP contribution in [0.2, 0.25) is 0 Å². The summed E-state index contributed by atoms with van der Waals surface area (Å²) in [6, 6.07) is 5.42. The van der Waals surface area contributed by atoms with Crippen molar-refractivity contribution in [3.05, 3.63) is 28.2 Å². The first-order valence-electron chi connectivity index (χ1n) is 5.19. The van der Waals surface area contributed by atoms with Crippen molar-refractivity contribution in [1.82, 2.24) is 5.32 Å². The summed E-state index contributed by atoms with van der Waals surface area (Å²) in [5.74, 6) is 0.494. The second kappa shape index (κ2) is 7.25. The molecule has 102 valence electrons. The smallest absolute Gasteiger partial charge is 0.441 e.